The predicted molar refractivity (Wildman–Crippen MR) is 96.1 cm³/mol. The number of hydrogen-bond acceptors (Lipinski definition) is 2. The fraction of sp³-hybridized carbons (Fsp3) is 0.850. The van der Waals surface area contributed by atoms with E-state index in [2.05, 4.69) is 6.92 Å². The third kappa shape index (κ3) is 15.6. The zero-order valence-corrected chi connectivity index (χ0v) is 15.3. The molecule has 0 rings (SSSR count). The summed E-state index contributed by atoms with van der Waals surface area (Å²) in [6.45, 7) is 6.59. The molecule has 0 N–H and O–H groups in total. The Balaban J connectivity index is 3.28. The highest BCUT2D eigenvalue weighted by molar-refractivity contribution is 5.82. The zero-order chi connectivity index (χ0) is 16.5. The Morgan fingerprint density at radius 3 is 1.68 bits per heavy atom. The monoisotopic (exact) mass is 310 g/mol. The van der Waals surface area contributed by atoms with Gasteiger partial charge in [0.25, 0.3) is 0 Å². The number of carbonyl (C=O) groups excluding carboxylic acids is 1. The second-order valence-corrected chi connectivity index (χ2v) is 6.38. The quantitative estimate of drug-likeness (QED) is 0.194. The third-order valence-electron chi connectivity index (χ3n) is 4.08. The minimum Gasteiger partial charge on any atom is -0.463 e. The Kier molecular flexibility index (Phi) is 16.0. The topological polar surface area (TPSA) is 26.3 Å². The molecule has 0 aliphatic carbocycles. The van der Waals surface area contributed by atoms with Gasteiger partial charge in [0.2, 0.25) is 0 Å². The van der Waals surface area contributed by atoms with Crippen molar-refractivity contribution in [3.05, 3.63) is 11.6 Å². The van der Waals surface area contributed by atoms with E-state index in [9.17, 15) is 4.79 Å². The van der Waals surface area contributed by atoms with Crippen LogP contribution in [0.1, 0.15) is 104 Å². The van der Waals surface area contributed by atoms with Gasteiger partial charge in [-0.25, -0.2) is 4.79 Å². The molecule has 0 aliphatic rings. The third-order valence-corrected chi connectivity index (χ3v) is 4.08. The molecule has 0 aromatic carbocycles. The van der Waals surface area contributed by atoms with Crippen molar-refractivity contribution in [2.45, 2.75) is 104 Å². The van der Waals surface area contributed by atoms with Crippen LogP contribution in [0.3, 0.4) is 0 Å². The van der Waals surface area contributed by atoms with Crippen molar-refractivity contribution in [2.75, 3.05) is 6.61 Å². The lowest BCUT2D eigenvalue weighted by molar-refractivity contribution is -0.137. The normalized spacial score (nSPS) is 11.7. The molecule has 22 heavy (non-hydrogen) atoms. The molecule has 0 heterocycles. The Bertz CT molecular complexity index is 281. The molecule has 0 radical (unpaired) electrons. The van der Waals surface area contributed by atoms with E-state index in [0.717, 1.165) is 12.0 Å². The van der Waals surface area contributed by atoms with Crippen LogP contribution in [0.2, 0.25) is 0 Å². The second-order valence-electron chi connectivity index (χ2n) is 6.38. The van der Waals surface area contributed by atoms with Crippen molar-refractivity contribution in [2.24, 2.45) is 0 Å². The van der Waals surface area contributed by atoms with Gasteiger partial charge in [-0.2, -0.15) is 0 Å². The molecule has 0 amide bonds. The lowest BCUT2D eigenvalue weighted by Gasteiger charge is -2.04. The largest absolute Gasteiger partial charge is 0.463 e. The van der Waals surface area contributed by atoms with E-state index in [4.69, 9.17) is 4.74 Å². The molecule has 0 saturated carbocycles. The van der Waals surface area contributed by atoms with Crippen molar-refractivity contribution < 1.29 is 9.53 Å². The van der Waals surface area contributed by atoms with Gasteiger partial charge in [-0.1, -0.05) is 83.1 Å². The Morgan fingerprint density at radius 1 is 0.773 bits per heavy atom. The van der Waals surface area contributed by atoms with Gasteiger partial charge >= 0.3 is 5.97 Å². The van der Waals surface area contributed by atoms with Crippen molar-refractivity contribution in [1.82, 2.24) is 0 Å². The highest BCUT2D eigenvalue weighted by atomic mass is 16.5. The maximum Gasteiger partial charge on any atom is 0.330 e. The molecule has 0 fully saturated rings. The number of carbonyl (C=O) groups is 1. The fourth-order valence-corrected chi connectivity index (χ4v) is 2.70. The van der Waals surface area contributed by atoms with Gasteiger partial charge in [-0.05, 0) is 26.7 Å². The lowest BCUT2D eigenvalue weighted by Crippen LogP contribution is -2.00. The number of rotatable bonds is 15. The van der Waals surface area contributed by atoms with Crippen LogP contribution < -0.4 is 0 Å². The number of esters is 1. The smallest absolute Gasteiger partial charge is 0.330 e. The van der Waals surface area contributed by atoms with Crippen LogP contribution in [-0.4, -0.2) is 12.6 Å². The van der Waals surface area contributed by atoms with Gasteiger partial charge < -0.3 is 4.74 Å². The van der Waals surface area contributed by atoms with Crippen molar-refractivity contribution >= 4 is 5.97 Å². The van der Waals surface area contributed by atoms with Crippen LogP contribution in [0.5, 0.6) is 0 Å². The minimum absolute atomic E-state index is 0.195. The first-order chi connectivity index (χ1) is 10.7. The molecule has 2 nitrogen and oxygen atoms in total. The van der Waals surface area contributed by atoms with Crippen molar-refractivity contribution in [3.8, 4) is 0 Å². The van der Waals surface area contributed by atoms with Crippen LogP contribution in [0.15, 0.2) is 11.6 Å². The second kappa shape index (κ2) is 16.6. The summed E-state index contributed by atoms with van der Waals surface area (Å²) >= 11 is 0. The molecule has 0 atom stereocenters. The molecule has 0 unspecified atom stereocenters. The number of unbranched alkanes of at least 4 members (excludes halogenated alkanes) is 11. The molecule has 0 spiro atoms. The summed E-state index contributed by atoms with van der Waals surface area (Å²) in [5.41, 5.74) is 1.14. The zero-order valence-electron chi connectivity index (χ0n) is 15.3. The van der Waals surface area contributed by atoms with Gasteiger partial charge in [0, 0.05) is 6.08 Å². The Labute approximate surface area is 138 Å². The van der Waals surface area contributed by atoms with Crippen LogP contribution in [0, 0.1) is 0 Å². The summed E-state index contributed by atoms with van der Waals surface area (Å²) in [6, 6.07) is 0. The van der Waals surface area contributed by atoms with Crippen molar-refractivity contribution in [1.29, 1.82) is 0 Å². The number of hydrogen-bond donors (Lipinski definition) is 0. The molecule has 0 aliphatic heterocycles. The summed E-state index contributed by atoms with van der Waals surface area (Å²) in [5.74, 6) is -0.195. The van der Waals surface area contributed by atoms with E-state index < -0.39 is 0 Å². The lowest BCUT2D eigenvalue weighted by atomic mass is 10.0. The van der Waals surface area contributed by atoms with Crippen LogP contribution in [0.4, 0.5) is 0 Å². The summed E-state index contributed by atoms with van der Waals surface area (Å²) in [5, 5.41) is 0. The molecular formula is C20H38O2. The standard InChI is InChI=1S/C20H38O2/c1-4-6-7-8-9-10-11-12-13-14-15-16-17-19(3)18-20(21)22-5-2/h18H,4-17H2,1-3H3/b19-18-. The van der Waals surface area contributed by atoms with Gasteiger partial charge in [0.1, 0.15) is 0 Å². The van der Waals surface area contributed by atoms with Gasteiger partial charge in [0.05, 0.1) is 6.61 Å². The number of allylic oxidation sites excluding steroid dienone is 1. The first kappa shape index (κ1) is 21.2. The molecule has 130 valence electrons. The first-order valence-corrected chi connectivity index (χ1v) is 9.54. The molecule has 2 heteroatoms. The summed E-state index contributed by atoms with van der Waals surface area (Å²) in [7, 11) is 0. The minimum atomic E-state index is -0.195. The van der Waals surface area contributed by atoms with Crippen molar-refractivity contribution in [3.63, 3.8) is 0 Å². The Hall–Kier alpha value is -0.790. The van der Waals surface area contributed by atoms with Crippen LogP contribution in [0.25, 0.3) is 0 Å². The average molecular weight is 311 g/mol. The SMILES string of the molecule is CCCCCCCCCCCCCC/C(C)=C\C(=O)OCC. The van der Waals surface area contributed by atoms with Gasteiger partial charge in [0.15, 0.2) is 0 Å². The molecular weight excluding hydrogens is 272 g/mol. The Morgan fingerprint density at radius 2 is 1.23 bits per heavy atom. The van der Waals surface area contributed by atoms with E-state index in [1.807, 2.05) is 13.8 Å². The maximum absolute atomic E-state index is 11.3. The van der Waals surface area contributed by atoms with E-state index in [0.29, 0.717) is 6.61 Å². The van der Waals surface area contributed by atoms with E-state index in [1.54, 1.807) is 6.08 Å². The summed E-state index contributed by atoms with van der Waals surface area (Å²) in [6.07, 6.45) is 19.1. The van der Waals surface area contributed by atoms with E-state index >= 15 is 0 Å². The average Bonchev–Trinajstić information content (AvgIpc) is 2.48. The molecule has 0 bridgehead atoms. The summed E-state index contributed by atoms with van der Waals surface area (Å²) < 4.78 is 4.91. The molecule has 0 aromatic heterocycles. The van der Waals surface area contributed by atoms with Crippen LogP contribution in [-0.2, 0) is 9.53 Å². The first-order valence-electron chi connectivity index (χ1n) is 9.54. The molecule has 0 aromatic rings. The van der Waals surface area contributed by atoms with Gasteiger partial charge in [-0.15, -0.1) is 0 Å². The van der Waals surface area contributed by atoms with Crippen LogP contribution >= 0.6 is 0 Å². The van der Waals surface area contributed by atoms with E-state index in [1.165, 1.54) is 77.0 Å². The highest BCUT2D eigenvalue weighted by Crippen LogP contribution is 2.14. The van der Waals surface area contributed by atoms with E-state index in [-0.39, 0.29) is 5.97 Å². The molecule has 0 saturated heterocycles. The highest BCUT2D eigenvalue weighted by Gasteiger charge is 1.98. The number of ether oxygens (including phenoxy) is 1. The fourth-order valence-electron chi connectivity index (χ4n) is 2.70. The summed E-state index contributed by atoms with van der Waals surface area (Å²) in [4.78, 5) is 11.3. The predicted octanol–water partition coefficient (Wildman–Crippen LogP) is 6.59. The maximum atomic E-state index is 11.3. The van der Waals surface area contributed by atoms with Gasteiger partial charge in [-0.3, -0.25) is 0 Å².